The maximum atomic E-state index is 11.4. The van der Waals surface area contributed by atoms with Crippen LogP contribution < -0.4 is 4.90 Å². The minimum atomic E-state index is -0.812. The van der Waals surface area contributed by atoms with E-state index in [9.17, 15) is 9.90 Å². The van der Waals surface area contributed by atoms with Gasteiger partial charge in [0.05, 0.1) is 0 Å². The van der Waals surface area contributed by atoms with E-state index in [0.29, 0.717) is 10.9 Å². The Hall–Kier alpha value is -1.22. The Kier molecular flexibility index (Phi) is 3.52. The summed E-state index contributed by atoms with van der Waals surface area (Å²) in [5.74, 6) is -0.409. The fraction of sp³-hybridized carbons (Fsp3) is 0.533. The summed E-state index contributed by atoms with van der Waals surface area (Å²) in [4.78, 5) is 13.4. The highest BCUT2D eigenvalue weighted by Crippen LogP contribution is 2.45. The molecule has 0 fully saturated rings. The van der Waals surface area contributed by atoms with Gasteiger partial charge in [0.15, 0.2) is 0 Å². The van der Waals surface area contributed by atoms with Crippen LogP contribution in [0.3, 0.4) is 0 Å². The minimum absolute atomic E-state index is 0.199. The van der Waals surface area contributed by atoms with Crippen LogP contribution in [0, 0.1) is 0 Å². The summed E-state index contributed by atoms with van der Waals surface area (Å²) in [6.45, 7) is 8.08. The van der Waals surface area contributed by atoms with Crippen molar-refractivity contribution in [3.63, 3.8) is 0 Å². The van der Waals surface area contributed by atoms with Gasteiger partial charge in [0, 0.05) is 16.2 Å². The number of carboxylic acid groups (broad SMARTS) is 1. The lowest BCUT2D eigenvalue weighted by Gasteiger charge is -2.49. The first kappa shape index (κ1) is 14.2. The zero-order valence-electron chi connectivity index (χ0n) is 11.8. The molecule has 1 aromatic rings. The summed E-state index contributed by atoms with van der Waals surface area (Å²) in [6, 6.07) is 5.20. The van der Waals surface area contributed by atoms with Gasteiger partial charge in [0.25, 0.3) is 0 Å². The van der Waals surface area contributed by atoms with Crippen LogP contribution in [0.15, 0.2) is 18.2 Å². The predicted molar refractivity (Wildman–Crippen MR) is 78.1 cm³/mol. The SMILES string of the molecule is CC1CC(C)(C)N(C(C)C(=O)O)c2cc(Cl)ccc21. The lowest BCUT2D eigenvalue weighted by molar-refractivity contribution is -0.138. The highest BCUT2D eigenvalue weighted by Gasteiger charge is 2.40. The minimum Gasteiger partial charge on any atom is -0.480 e. The summed E-state index contributed by atoms with van der Waals surface area (Å²) < 4.78 is 0. The van der Waals surface area contributed by atoms with Gasteiger partial charge in [-0.25, -0.2) is 4.79 Å². The Balaban J connectivity index is 2.60. The van der Waals surface area contributed by atoms with Gasteiger partial charge in [0.1, 0.15) is 6.04 Å². The third-order valence-corrected chi connectivity index (χ3v) is 4.22. The normalized spacial score (nSPS) is 22.8. The van der Waals surface area contributed by atoms with Crippen LogP contribution in [0.4, 0.5) is 5.69 Å². The number of hydrogen-bond donors (Lipinski definition) is 1. The number of hydrogen-bond acceptors (Lipinski definition) is 2. The number of anilines is 1. The van der Waals surface area contributed by atoms with E-state index in [0.717, 1.165) is 12.1 Å². The molecule has 2 atom stereocenters. The van der Waals surface area contributed by atoms with Crippen LogP contribution >= 0.6 is 11.6 Å². The van der Waals surface area contributed by atoms with Gasteiger partial charge >= 0.3 is 5.97 Å². The van der Waals surface area contributed by atoms with E-state index in [-0.39, 0.29) is 5.54 Å². The van der Waals surface area contributed by atoms with Crippen LogP contribution in [-0.4, -0.2) is 22.7 Å². The molecule has 1 aromatic carbocycles. The Morgan fingerprint density at radius 2 is 2.16 bits per heavy atom. The standard InChI is InChI=1S/C15H20ClNO2/c1-9-8-15(3,4)17(10(2)14(18)19)13-7-11(16)5-6-12(9)13/h5-7,9-10H,8H2,1-4H3,(H,18,19). The maximum absolute atomic E-state index is 11.4. The average molecular weight is 282 g/mol. The second-order valence-electron chi connectivity index (χ2n) is 6.00. The van der Waals surface area contributed by atoms with Gasteiger partial charge in [-0.1, -0.05) is 24.6 Å². The molecule has 1 heterocycles. The third-order valence-electron chi connectivity index (χ3n) is 3.99. The molecule has 1 aliphatic rings. The van der Waals surface area contributed by atoms with Crippen molar-refractivity contribution in [1.82, 2.24) is 0 Å². The molecule has 0 saturated heterocycles. The topological polar surface area (TPSA) is 40.5 Å². The van der Waals surface area contributed by atoms with Crippen molar-refractivity contribution in [2.45, 2.75) is 51.6 Å². The smallest absolute Gasteiger partial charge is 0.326 e. The zero-order chi connectivity index (χ0) is 14.4. The Morgan fingerprint density at radius 1 is 1.53 bits per heavy atom. The van der Waals surface area contributed by atoms with Crippen molar-refractivity contribution in [3.05, 3.63) is 28.8 Å². The molecule has 2 rings (SSSR count). The van der Waals surface area contributed by atoms with E-state index in [1.54, 1.807) is 6.92 Å². The number of nitrogens with zero attached hydrogens (tertiary/aromatic N) is 1. The molecule has 0 bridgehead atoms. The van der Waals surface area contributed by atoms with E-state index in [2.05, 4.69) is 20.8 Å². The summed E-state index contributed by atoms with van der Waals surface area (Å²) in [5, 5.41) is 10.00. The number of carboxylic acids is 1. The van der Waals surface area contributed by atoms with E-state index in [1.165, 1.54) is 5.56 Å². The van der Waals surface area contributed by atoms with Crippen LogP contribution in [0.5, 0.6) is 0 Å². The molecule has 3 nitrogen and oxygen atoms in total. The first-order valence-electron chi connectivity index (χ1n) is 6.55. The molecule has 1 aliphatic heterocycles. The molecule has 19 heavy (non-hydrogen) atoms. The average Bonchev–Trinajstić information content (AvgIpc) is 2.26. The van der Waals surface area contributed by atoms with Crippen molar-refractivity contribution in [1.29, 1.82) is 0 Å². The lowest BCUT2D eigenvalue weighted by atomic mass is 9.79. The second kappa shape index (κ2) is 4.71. The summed E-state index contributed by atoms with van der Waals surface area (Å²) >= 11 is 6.09. The van der Waals surface area contributed by atoms with Gasteiger partial charge < -0.3 is 10.0 Å². The molecular weight excluding hydrogens is 262 g/mol. The van der Waals surface area contributed by atoms with E-state index < -0.39 is 12.0 Å². The number of halogens is 1. The van der Waals surface area contributed by atoms with Crippen molar-refractivity contribution >= 4 is 23.3 Å². The molecule has 104 valence electrons. The fourth-order valence-corrected chi connectivity index (χ4v) is 3.44. The number of aliphatic carboxylic acids is 1. The Bertz CT molecular complexity index is 513. The molecule has 0 amide bonds. The van der Waals surface area contributed by atoms with E-state index >= 15 is 0 Å². The van der Waals surface area contributed by atoms with Gasteiger partial charge in [-0.3, -0.25) is 0 Å². The lowest BCUT2D eigenvalue weighted by Crippen LogP contribution is -2.55. The maximum Gasteiger partial charge on any atom is 0.326 e. The molecule has 1 N–H and O–H groups in total. The summed E-state index contributed by atoms with van der Waals surface area (Å²) in [5.41, 5.74) is 1.93. The second-order valence-corrected chi connectivity index (χ2v) is 6.44. The largest absolute Gasteiger partial charge is 0.480 e. The molecular formula is C15H20ClNO2. The van der Waals surface area contributed by atoms with E-state index in [4.69, 9.17) is 11.6 Å². The third kappa shape index (κ3) is 2.44. The highest BCUT2D eigenvalue weighted by molar-refractivity contribution is 6.30. The highest BCUT2D eigenvalue weighted by atomic mass is 35.5. The quantitative estimate of drug-likeness (QED) is 0.894. The van der Waals surface area contributed by atoms with Crippen molar-refractivity contribution in [2.24, 2.45) is 0 Å². The van der Waals surface area contributed by atoms with Crippen LogP contribution in [0.1, 0.15) is 45.6 Å². The predicted octanol–water partition coefficient (Wildman–Crippen LogP) is 3.91. The van der Waals surface area contributed by atoms with Crippen LogP contribution in [0.25, 0.3) is 0 Å². The Morgan fingerprint density at radius 3 is 2.74 bits per heavy atom. The van der Waals surface area contributed by atoms with Crippen LogP contribution in [-0.2, 0) is 4.79 Å². The number of carbonyl (C=O) groups is 1. The van der Waals surface area contributed by atoms with Gasteiger partial charge in [-0.05, 0) is 50.8 Å². The van der Waals surface area contributed by atoms with Gasteiger partial charge in [-0.2, -0.15) is 0 Å². The first-order chi connectivity index (χ1) is 8.74. The number of fused-ring (bicyclic) bond motifs is 1. The molecule has 4 heteroatoms. The molecule has 0 radical (unpaired) electrons. The summed E-state index contributed by atoms with van der Waals surface area (Å²) in [7, 11) is 0. The van der Waals surface area contributed by atoms with Gasteiger partial charge in [-0.15, -0.1) is 0 Å². The van der Waals surface area contributed by atoms with Gasteiger partial charge in [0.2, 0.25) is 0 Å². The van der Waals surface area contributed by atoms with E-state index in [1.807, 2.05) is 23.1 Å². The molecule has 0 aliphatic carbocycles. The Labute approximate surface area is 119 Å². The molecule has 0 saturated carbocycles. The molecule has 2 unspecified atom stereocenters. The van der Waals surface area contributed by atoms with Crippen molar-refractivity contribution in [3.8, 4) is 0 Å². The molecule has 0 aromatic heterocycles. The number of benzene rings is 1. The first-order valence-corrected chi connectivity index (χ1v) is 6.93. The van der Waals surface area contributed by atoms with Crippen LogP contribution in [0.2, 0.25) is 5.02 Å². The fourth-order valence-electron chi connectivity index (χ4n) is 3.27. The van der Waals surface area contributed by atoms with Crippen molar-refractivity contribution in [2.75, 3.05) is 4.90 Å². The summed E-state index contributed by atoms with van der Waals surface area (Å²) in [6.07, 6.45) is 0.930. The monoisotopic (exact) mass is 281 g/mol. The number of rotatable bonds is 2. The zero-order valence-corrected chi connectivity index (χ0v) is 12.5. The van der Waals surface area contributed by atoms with Crippen molar-refractivity contribution < 1.29 is 9.90 Å². The molecule has 0 spiro atoms.